The van der Waals surface area contributed by atoms with E-state index in [9.17, 15) is 9.59 Å². The summed E-state index contributed by atoms with van der Waals surface area (Å²) < 4.78 is 10.5. The molecule has 1 unspecified atom stereocenters. The standard InChI is InChI=1S/C13H21NO4/c1-6-7-13(11(16)17-5)8-18-10(12(2,3)4)14(13)9-15/h6,9-10H,1,7-8H2,2-5H3/t10-,13?/m1/s1. The minimum Gasteiger partial charge on any atom is -0.467 e. The second-order valence-electron chi connectivity index (χ2n) is 5.56. The highest BCUT2D eigenvalue weighted by Crippen LogP contribution is 2.38. The van der Waals surface area contributed by atoms with Gasteiger partial charge in [0.15, 0.2) is 5.54 Å². The zero-order chi connectivity index (χ0) is 14.0. The first-order valence-corrected chi connectivity index (χ1v) is 5.88. The van der Waals surface area contributed by atoms with Gasteiger partial charge in [0.25, 0.3) is 0 Å². The Labute approximate surface area is 108 Å². The highest BCUT2D eigenvalue weighted by Gasteiger charge is 2.55. The molecule has 0 N–H and O–H groups in total. The van der Waals surface area contributed by atoms with Gasteiger partial charge in [-0.1, -0.05) is 26.8 Å². The molecule has 2 atom stereocenters. The van der Waals surface area contributed by atoms with Crippen LogP contribution in [0.3, 0.4) is 0 Å². The van der Waals surface area contributed by atoms with Crippen LogP contribution < -0.4 is 0 Å². The highest BCUT2D eigenvalue weighted by molar-refractivity contribution is 5.84. The van der Waals surface area contributed by atoms with Gasteiger partial charge in [-0.2, -0.15) is 0 Å². The first-order valence-electron chi connectivity index (χ1n) is 5.88. The Morgan fingerprint density at radius 1 is 1.61 bits per heavy atom. The van der Waals surface area contributed by atoms with Crippen molar-refractivity contribution in [2.24, 2.45) is 5.41 Å². The molecule has 0 bridgehead atoms. The van der Waals surface area contributed by atoms with Crippen molar-refractivity contribution in [3.05, 3.63) is 12.7 Å². The van der Waals surface area contributed by atoms with Crippen molar-refractivity contribution in [3.63, 3.8) is 0 Å². The van der Waals surface area contributed by atoms with Gasteiger partial charge in [0.05, 0.1) is 13.7 Å². The zero-order valence-electron chi connectivity index (χ0n) is 11.4. The summed E-state index contributed by atoms with van der Waals surface area (Å²) in [5, 5.41) is 0. The van der Waals surface area contributed by atoms with Crippen molar-refractivity contribution in [3.8, 4) is 0 Å². The number of ether oxygens (including phenoxy) is 2. The second-order valence-corrected chi connectivity index (χ2v) is 5.56. The van der Waals surface area contributed by atoms with Crippen molar-refractivity contribution in [2.75, 3.05) is 13.7 Å². The van der Waals surface area contributed by atoms with Crippen LogP contribution >= 0.6 is 0 Å². The first-order chi connectivity index (χ1) is 8.33. The molecule has 0 radical (unpaired) electrons. The predicted octanol–water partition coefficient (Wildman–Crippen LogP) is 1.34. The van der Waals surface area contributed by atoms with Gasteiger partial charge in [-0.25, -0.2) is 4.79 Å². The minimum absolute atomic E-state index is 0.131. The molecular weight excluding hydrogens is 234 g/mol. The lowest BCUT2D eigenvalue weighted by atomic mass is 9.90. The largest absolute Gasteiger partial charge is 0.467 e. The molecule has 102 valence electrons. The van der Waals surface area contributed by atoms with E-state index < -0.39 is 17.7 Å². The van der Waals surface area contributed by atoms with E-state index in [-0.39, 0.29) is 12.0 Å². The lowest BCUT2D eigenvalue weighted by Gasteiger charge is -2.37. The lowest BCUT2D eigenvalue weighted by Crippen LogP contribution is -2.56. The van der Waals surface area contributed by atoms with Gasteiger partial charge in [-0.3, -0.25) is 9.69 Å². The number of nitrogens with zero attached hydrogens (tertiary/aromatic N) is 1. The maximum atomic E-state index is 12.0. The molecule has 1 fully saturated rings. The number of esters is 1. The third kappa shape index (κ3) is 2.27. The molecule has 1 rings (SSSR count). The molecule has 0 saturated carbocycles. The van der Waals surface area contributed by atoms with Gasteiger partial charge in [-0.05, 0) is 0 Å². The van der Waals surface area contributed by atoms with Crippen LogP contribution in [0.5, 0.6) is 0 Å². The molecule has 1 amide bonds. The number of methoxy groups -OCH3 is 1. The van der Waals surface area contributed by atoms with Crippen molar-refractivity contribution in [1.29, 1.82) is 0 Å². The Hall–Kier alpha value is -1.36. The molecule has 5 heteroatoms. The van der Waals surface area contributed by atoms with E-state index in [0.717, 1.165) is 0 Å². The number of hydrogen-bond acceptors (Lipinski definition) is 4. The third-order valence-corrected chi connectivity index (χ3v) is 3.13. The summed E-state index contributed by atoms with van der Waals surface area (Å²) >= 11 is 0. The van der Waals surface area contributed by atoms with E-state index >= 15 is 0 Å². The molecule has 0 aromatic carbocycles. The Morgan fingerprint density at radius 3 is 2.61 bits per heavy atom. The summed E-state index contributed by atoms with van der Waals surface area (Å²) in [5.41, 5.74) is -1.37. The number of hydrogen-bond donors (Lipinski definition) is 0. The van der Waals surface area contributed by atoms with E-state index in [0.29, 0.717) is 12.8 Å². The Kier molecular flexibility index (Phi) is 4.16. The molecule has 18 heavy (non-hydrogen) atoms. The summed E-state index contributed by atoms with van der Waals surface area (Å²) in [5.74, 6) is -0.471. The van der Waals surface area contributed by atoms with Crippen molar-refractivity contribution in [1.82, 2.24) is 4.90 Å². The molecule has 1 aliphatic heterocycles. The van der Waals surface area contributed by atoms with Crippen LogP contribution in [0, 0.1) is 5.41 Å². The summed E-state index contributed by atoms with van der Waals surface area (Å²) in [6.07, 6.45) is 2.12. The van der Waals surface area contributed by atoms with Crippen LogP contribution in [-0.4, -0.2) is 42.8 Å². The minimum atomic E-state index is -1.09. The SMILES string of the molecule is C=CCC1(C(=O)OC)CO[C@H](C(C)(C)C)N1C=O. The van der Waals surface area contributed by atoms with E-state index in [2.05, 4.69) is 6.58 Å². The van der Waals surface area contributed by atoms with Crippen LogP contribution in [0.25, 0.3) is 0 Å². The van der Waals surface area contributed by atoms with Gasteiger partial charge in [0.2, 0.25) is 6.41 Å². The zero-order valence-corrected chi connectivity index (χ0v) is 11.4. The van der Waals surface area contributed by atoms with E-state index in [1.807, 2.05) is 20.8 Å². The van der Waals surface area contributed by atoms with Crippen LogP contribution in [0.4, 0.5) is 0 Å². The Morgan fingerprint density at radius 2 is 2.22 bits per heavy atom. The number of amides is 1. The molecular formula is C13H21NO4. The van der Waals surface area contributed by atoms with Crippen LogP contribution in [0.2, 0.25) is 0 Å². The number of carbonyl (C=O) groups excluding carboxylic acids is 2. The molecule has 5 nitrogen and oxygen atoms in total. The van der Waals surface area contributed by atoms with Gasteiger partial charge in [0.1, 0.15) is 6.23 Å². The second kappa shape index (κ2) is 5.10. The smallest absolute Gasteiger partial charge is 0.334 e. The average Bonchev–Trinajstić information content (AvgIpc) is 2.68. The van der Waals surface area contributed by atoms with E-state index in [1.165, 1.54) is 12.0 Å². The molecule has 0 spiro atoms. The van der Waals surface area contributed by atoms with Gasteiger partial charge in [-0.15, -0.1) is 6.58 Å². The predicted molar refractivity (Wildman–Crippen MR) is 66.7 cm³/mol. The van der Waals surface area contributed by atoms with Crippen molar-refractivity contribution >= 4 is 12.4 Å². The maximum absolute atomic E-state index is 12.0. The van der Waals surface area contributed by atoms with E-state index in [1.54, 1.807) is 6.08 Å². The van der Waals surface area contributed by atoms with Crippen LogP contribution in [-0.2, 0) is 19.1 Å². The Bertz CT molecular complexity index is 347. The van der Waals surface area contributed by atoms with Crippen molar-refractivity contribution < 1.29 is 19.1 Å². The molecule has 1 heterocycles. The topological polar surface area (TPSA) is 55.8 Å². The fraction of sp³-hybridized carbons (Fsp3) is 0.692. The molecule has 0 aromatic heterocycles. The fourth-order valence-electron chi connectivity index (χ4n) is 2.26. The van der Waals surface area contributed by atoms with Crippen LogP contribution in [0.15, 0.2) is 12.7 Å². The maximum Gasteiger partial charge on any atom is 0.334 e. The molecule has 0 aromatic rings. The average molecular weight is 255 g/mol. The molecule has 0 aliphatic carbocycles. The summed E-state index contributed by atoms with van der Waals surface area (Å²) in [6, 6.07) is 0. The molecule has 1 aliphatic rings. The summed E-state index contributed by atoms with van der Waals surface area (Å²) in [6.45, 7) is 9.63. The van der Waals surface area contributed by atoms with Crippen molar-refractivity contribution in [2.45, 2.75) is 39.0 Å². The first kappa shape index (κ1) is 14.7. The Balaban J connectivity index is 3.17. The number of rotatable bonds is 4. The summed E-state index contributed by atoms with van der Waals surface area (Å²) in [4.78, 5) is 24.8. The van der Waals surface area contributed by atoms with Gasteiger partial charge in [0, 0.05) is 11.8 Å². The summed E-state index contributed by atoms with van der Waals surface area (Å²) in [7, 11) is 1.31. The van der Waals surface area contributed by atoms with Gasteiger partial charge >= 0.3 is 5.97 Å². The lowest BCUT2D eigenvalue weighted by molar-refractivity contribution is -0.158. The monoisotopic (exact) mass is 255 g/mol. The highest BCUT2D eigenvalue weighted by atomic mass is 16.5. The van der Waals surface area contributed by atoms with Crippen LogP contribution in [0.1, 0.15) is 27.2 Å². The quantitative estimate of drug-likeness (QED) is 0.432. The third-order valence-electron chi connectivity index (χ3n) is 3.13. The normalized spacial score (nSPS) is 28.0. The van der Waals surface area contributed by atoms with E-state index in [4.69, 9.17) is 9.47 Å². The van der Waals surface area contributed by atoms with Gasteiger partial charge < -0.3 is 9.47 Å². The number of carbonyl (C=O) groups is 2. The fourth-order valence-corrected chi connectivity index (χ4v) is 2.26. The molecule has 1 saturated heterocycles.